The summed E-state index contributed by atoms with van der Waals surface area (Å²) >= 11 is 0. The number of aromatic nitrogens is 2. The predicted octanol–water partition coefficient (Wildman–Crippen LogP) is -0.447. The van der Waals surface area contributed by atoms with E-state index in [2.05, 4.69) is 26.1 Å². The highest BCUT2D eigenvalue weighted by Gasteiger charge is 2.21. The fraction of sp³-hybridized carbons (Fsp3) is 0.727. The molecule has 0 aromatic carbocycles. The summed E-state index contributed by atoms with van der Waals surface area (Å²) < 4.78 is 2.10. The zero-order valence-electron chi connectivity index (χ0n) is 9.39. The zero-order chi connectivity index (χ0) is 11.0. The maximum Gasteiger partial charge on any atom is 0.0768 e. The van der Waals surface area contributed by atoms with Crippen molar-refractivity contribution in [3.8, 4) is 0 Å². The fourth-order valence-electron chi connectivity index (χ4n) is 2.51. The normalized spacial score (nSPS) is 25.9. The Balaban J connectivity index is 1.68. The minimum Gasteiger partial charge on any atom is -0.392 e. The smallest absolute Gasteiger partial charge is 0.0768 e. The standard InChI is InChI=1S/C11H18N4O/c16-11-1-3-14(8-11)7-9-5-10-6-12-2-4-15(10)13-9/h5,11-12,16H,1-4,6-8H2/t11-/m1/s1. The second-order valence-corrected chi connectivity index (χ2v) is 4.70. The highest BCUT2D eigenvalue weighted by Crippen LogP contribution is 2.14. The van der Waals surface area contributed by atoms with Gasteiger partial charge in [0, 0.05) is 32.7 Å². The van der Waals surface area contributed by atoms with E-state index in [-0.39, 0.29) is 6.10 Å². The van der Waals surface area contributed by atoms with E-state index in [9.17, 15) is 5.11 Å². The van der Waals surface area contributed by atoms with E-state index in [1.165, 1.54) is 5.69 Å². The lowest BCUT2D eigenvalue weighted by Gasteiger charge is -2.14. The highest BCUT2D eigenvalue weighted by atomic mass is 16.3. The Hall–Kier alpha value is -0.910. The Morgan fingerprint density at radius 3 is 3.19 bits per heavy atom. The van der Waals surface area contributed by atoms with Crippen LogP contribution < -0.4 is 5.32 Å². The number of fused-ring (bicyclic) bond motifs is 1. The van der Waals surface area contributed by atoms with Gasteiger partial charge in [0.15, 0.2) is 0 Å². The number of nitrogens with one attached hydrogen (secondary N) is 1. The summed E-state index contributed by atoms with van der Waals surface area (Å²) in [6.45, 7) is 5.56. The van der Waals surface area contributed by atoms with Crippen molar-refractivity contribution in [3.05, 3.63) is 17.5 Å². The van der Waals surface area contributed by atoms with Crippen molar-refractivity contribution in [2.45, 2.75) is 32.2 Å². The first kappa shape index (κ1) is 10.3. The van der Waals surface area contributed by atoms with Gasteiger partial charge in [-0.15, -0.1) is 0 Å². The van der Waals surface area contributed by atoms with Gasteiger partial charge in [0.25, 0.3) is 0 Å². The average molecular weight is 222 g/mol. The fourth-order valence-corrected chi connectivity index (χ4v) is 2.51. The molecule has 1 fully saturated rings. The van der Waals surface area contributed by atoms with E-state index in [1.807, 2.05) is 0 Å². The molecule has 3 heterocycles. The summed E-state index contributed by atoms with van der Waals surface area (Å²) in [5.41, 5.74) is 2.41. The molecule has 0 radical (unpaired) electrons. The van der Waals surface area contributed by atoms with E-state index in [0.29, 0.717) is 0 Å². The molecule has 0 saturated carbocycles. The SMILES string of the molecule is O[C@@H]1CCN(Cc2cc3n(n2)CCNC3)C1. The van der Waals surface area contributed by atoms with Gasteiger partial charge in [-0.05, 0) is 12.5 Å². The topological polar surface area (TPSA) is 53.3 Å². The molecular formula is C11H18N4O. The van der Waals surface area contributed by atoms with Gasteiger partial charge >= 0.3 is 0 Å². The molecule has 0 aliphatic carbocycles. The Bertz CT molecular complexity index is 353. The summed E-state index contributed by atoms with van der Waals surface area (Å²) in [7, 11) is 0. The molecule has 2 aliphatic rings. The summed E-state index contributed by atoms with van der Waals surface area (Å²) in [5.74, 6) is 0. The van der Waals surface area contributed by atoms with Gasteiger partial charge in [-0.1, -0.05) is 0 Å². The van der Waals surface area contributed by atoms with Crippen molar-refractivity contribution in [3.63, 3.8) is 0 Å². The molecule has 0 spiro atoms. The molecule has 88 valence electrons. The van der Waals surface area contributed by atoms with Crippen LogP contribution in [-0.4, -0.2) is 45.5 Å². The molecule has 2 aliphatic heterocycles. The molecule has 1 aromatic rings. The Morgan fingerprint density at radius 1 is 1.50 bits per heavy atom. The number of hydrogen-bond acceptors (Lipinski definition) is 4. The first-order chi connectivity index (χ1) is 7.81. The van der Waals surface area contributed by atoms with Crippen LogP contribution in [0.5, 0.6) is 0 Å². The largest absolute Gasteiger partial charge is 0.392 e. The Kier molecular flexibility index (Phi) is 2.67. The van der Waals surface area contributed by atoms with Crippen LogP contribution in [0.1, 0.15) is 17.8 Å². The molecule has 0 amide bonds. The van der Waals surface area contributed by atoms with E-state index in [1.54, 1.807) is 0 Å². The monoisotopic (exact) mass is 222 g/mol. The van der Waals surface area contributed by atoms with Crippen molar-refractivity contribution in [1.29, 1.82) is 0 Å². The first-order valence-electron chi connectivity index (χ1n) is 5.98. The number of hydrogen-bond donors (Lipinski definition) is 2. The van der Waals surface area contributed by atoms with Crippen molar-refractivity contribution in [1.82, 2.24) is 20.0 Å². The predicted molar refractivity (Wildman–Crippen MR) is 59.8 cm³/mol. The van der Waals surface area contributed by atoms with Gasteiger partial charge < -0.3 is 10.4 Å². The second-order valence-electron chi connectivity index (χ2n) is 4.70. The third kappa shape index (κ3) is 1.98. The third-order valence-corrected chi connectivity index (χ3v) is 3.35. The number of β-amino-alcohol motifs (C(OH)–C–C–N with tert-alkyl or cyclic N) is 1. The quantitative estimate of drug-likeness (QED) is 0.712. The summed E-state index contributed by atoms with van der Waals surface area (Å²) in [5, 5.41) is 17.4. The molecular weight excluding hydrogens is 204 g/mol. The molecule has 1 aromatic heterocycles. The summed E-state index contributed by atoms with van der Waals surface area (Å²) in [4.78, 5) is 2.27. The van der Waals surface area contributed by atoms with Crippen LogP contribution in [-0.2, 0) is 19.6 Å². The van der Waals surface area contributed by atoms with Crippen LogP contribution in [0.4, 0.5) is 0 Å². The van der Waals surface area contributed by atoms with Crippen LogP contribution in [0.3, 0.4) is 0 Å². The van der Waals surface area contributed by atoms with E-state index in [0.717, 1.165) is 51.4 Å². The number of nitrogens with zero attached hydrogens (tertiary/aromatic N) is 3. The lowest BCUT2D eigenvalue weighted by molar-refractivity contribution is 0.174. The number of aliphatic hydroxyl groups excluding tert-OH is 1. The van der Waals surface area contributed by atoms with E-state index < -0.39 is 0 Å². The number of likely N-dealkylation sites (tertiary alicyclic amines) is 1. The zero-order valence-corrected chi connectivity index (χ0v) is 9.39. The minimum absolute atomic E-state index is 0.140. The van der Waals surface area contributed by atoms with Crippen LogP contribution in [0, 0.1) is 0 Å². The van der Waals surface area contributed by atoms with Gasteiger partial charge in [-0.2, -0.15) is 5.10 Å². The third-order valence-electron chi connectivity index (χ3n) is 3.35. The highest BCUT2D eigenvalue weighted by molar-refractivity contribution is 5.12. The van der Waals surface area contributed by atoms with Crippen molar-refractivity contribution >= 4 is 0 Å². The number of aliphatic hydroxyl groups is 1. The lowest BCUT2D eigenvalue weighted by Crippen LogP contribution is -2.28. The van der Waals surface area contributed by atoms with Crippen LogP contribution in [0.2, 0.25) is 0 Å². The molecule has 5 nitrogen and oxygen atoms in total. The average Bonchev–Trinajstić information content (AvgIpc) is 2.84. The van der Waals surface area contributed by atoms with Gasteiger partial charge in [-0.3, -0.25) is 9.58 Å². The lowest BCUT2D eigenvalue weighted by atomic mass is 10.3. The maximum atomic E-state index is 9.46. The minimum atomic E-state index is -0.140. The van der Waals surface area contributed by atoms with Crippen LogP contribution >= 0.6 is 0 Å². The van der Waals surface area contributed by atoms with Gasteiger partial charge in [0.2, 0.25) is 0 Å². The molecule has 2 N–H and O–H groups in total. The van der Waals surface area contributed by atoms with Gasteiger partial charge in [0.1, 0.15) is 0 Å². The Labute approximate surface area is 95.1 Å². The maximum absolute atomic E-state index is 9.46. The van der Waals surface area contributed by atoms with Crippen molar-refractivity contribution in [2.75, 3.05) is 19.6 Å². The molecule has 0 bridgehead atoms. The van der Waals surface area contributed by atoms with E-state index in [4.69, 9.17) is 0 Å². The number of rotatable bonds is 2. The Morgan fingerprint density at radius 2 is 2.44 bits per heavy atom. The van der Waals surface area contributed by atoms with Gasteiger partial charge in [-0.25, -0.2) is 0 Å². The van der Waals surface area contributed by atoms with Crippen molar-refractivity contribution in [2.24, 2.45) is 0 Å². The second kappa shape index (κ2) is 4.16. The molecule has 0 unspecified atom stereocenters. The molecule has 1 atom stereocenters. The molecule has 3 rings (SSSR count). The summed E-state index contributed by atoms with van der Waals surface area (Å²) in [6.07, 6.45) is 0.758. The summed E-state index contributed by atoms with van der Waals surface area (Å²) in [6, 6.07) is 2.18. The van der Waals surface area contributed by atoms with E-state index >= 15 is 0 Å². The van der Waals surface area contributed by atoms with Crippen LogP contribution in [0.25, 0.3) is 0 Å². The first-order valence-corrected chi connectivity index (χ1v) is 5.98. The molecule has 5 heteroatoms. The van der Waals surface area contributed by atoms with Crippen LogP contribution in [0.15, 0.2) is 6.07 Å². The molecule has 1 saturated heterocycles. The van der Waals surface area contributed by atoms with Gasteiger partial charge in [0.05, 0.1) is 24.0 Å². The van der Waals surface area contributed by atoms with Crippen molar-refractivity contribution < 1.29 is 5.11 Å². The molecule has 16 heavy (non-hydrogen) atoms.